The van der Waals surface area contributed by atoms with E-state index in [1.807, 2.05) is 23.1 Å². The first-order valence-corrected chi connectivity index (χ1v) is 8.72. The third-order valence-corrected chi connectivity index (χ3v) is 5.24. The number of carbonyl (C=O) groups excluding carboxylic acids is 1. The monoisotopic (exact) mass is 333 g/mol. The molecule has 1 N–H and O–H groups in total. The molecule has 2 amide bonds. The van der Waals surface area contributed by atoms with Crippen LogP contribution >= 0.6 is 0 Å². The van der Waals surface area contributed by atoms with Gasteiger partial charge >= 0.3 is 6.03 Å². The molecule has 1 aromatic heterocycles. The summed E-state index contributed by atoms with van der Waals surface area (Å²) in [5, 5.41) is 4.36. The Balaban J connectivity index is 1.59. The lowest BCUT2D eigenvalue weighted by Crippen LogP contribution is -2.35. The Morgan fingerprint density at radius 1 is 1.08 bits per heavy atom. The first kappa shape index (κ1) is 15.8. The molecule has 0 bridgehead atoms. The summed E-state index contributed by atoms with van der Waals surface area (Å²) in [6, 6.07) is 12.4. The minimum atomic E-state index is -0.0326. The van der Waals surface area contributed by atoms with Gasteiger partial charge in [0.05, 0.1) is 0 Å². The van der Waals surface area contributed by atoms with Crippen molar-refractivity contribution in [1.82, 2.24) is 9.47 Å². The zero-order valence-electron chi connectivity index (χ0n) is 15.0. The smallest absolute Gasteiger partial charge is 0.322 e. The van der Waals surface area contributed by atoms with Gasteiger partial charge in [-0.25, -0.2) is 4.79 Å². The molecule has 0 aliphatic carbocycles. The van der Waals surface area contributed by atoms with Crippen molar-refractivity contribution in [3.05, 3.63) is 64.8 Å². The molecule has 0 saturated heterocycles. The summed E-state index contributed by atoms with van der Waals surface area (Å²) in [5.41, 5.74) is 7.06. The van der Waals surface area contributed by atoms with Crippen LogP contribution < -0.4 is 5.32 Å². The van der Waals surface area contributed by atoms with Gasteiger partial charge in [0, 0.05) is 42.9 Å². The Morgan fingerprint density at radius 3 is 2.72 bits per heavy atom. The van der Waals surface area contributed by atoms with Gasteiger partial charge < -0.3 is 14.8 Å². The van der Waals surface area contributed by atoms with Crippen LogP contribution in [0.2, 0.25) is 0 Å². The van der Waals surface area contributed by atoms with Crippen molar-refractivity contribution < 1.29 is 4.79 Å². The number of amides is 2. The molecular formula is C21H23N3O. The molecule has 4 nitrogen and oxygen atoms in total. The van der Waals surface area contributed by atoms with E-state index >= 15 is 0 Å². The van der Waals surface area contributed by atoms with Crippen molar-refractivity contribution in [2.24, 2.45) is 7.05 Å². The largest absolute Gasteiger partial charge is 0.350 e. The number of carbonyl (C=O) groups is 1. The lowest BCUT2D eigenvalue weighted by atomic mass is 10.1. The highest BCUT2D eigenvalue weighted by Gasteiger charge is 2.21. The normalized spacial score (nSPS) is 13.8. The maximum atomic E-state index is 12.8. The highest BCUT2D eigenvalue weighted by atomic mass is 16.2. The van der Waals surface area contributed by atoms with Gasteiger partial charge in [0.25, 0.3) is 0 Å². The highest BCUT2D eigenvalue weighted by Crippen LogP contribution is 2.29. The van der Waals surface area contributed by atoms with Crippen LogP contribution in [0.5, 0.6) is 0 Å². The zero-order chi connectivity index (χ0) is 17.6. The second kappa shape index (κ2) is 5.96. The Bertz CT molecular complexity index is 971. The molecule has 1 aliphatic rings. The molecule has 0 fully saturated rings. The summed E-state index contributed by atoms with van der Waals surface area (Å²) in [6.07, 6.45) is 3.08. The minimum Gasteiger partial charge on any atom is -0.350 e. The van der Waals surface area contributed by atoms with E-state index in [1.54, 1.807) is 0 Å². The van der Waals surface area contributed by atoms with Gasteiger partial charge in [-0.05, 0) is 60.7 Å². The summed E-state index contributed by atoms with van der Waals surface area (Å²) < 4.78 is 2.18. The number of hydrogen-bond donors (Lipinski definition) is 1. The molecular weight excluding hydrogens is 310 g/mol. The minimum absolute atomic E-state index is 0.0326. The average molecular weight is 333 g/mol. The molecule has 4 heteroatoms. The summed E-state index contributed by atoms with van der Waals surface area (Å²) in [4.78, 5) is 14.7. The van der Waals surface area contributed by atoms with Crippen LogP contribution in [0.25, 0.3) is 10.9 Å². The van der Waals surface area contributed by atoms with E-state index in [-0.39, 0.29) is 6.03 Å². The number of hydrogen-bond acceptors (Lipinski definition) is 1. The van der Waals surface area contributed by atoms with Gasteiger partial charge in [-0.2, -0.15) is 0 Å². The van der Waals surface area contributed by atoms with Crippen LogP contribution in [0.3, 0.4) is 0 Å². The average Bonchev–Trinajstić information content (AvgIpc) is 2.80. The number of nitrogens with zero attached hydrogens (tertiary/aromatic N) is 2. The van der Waals surface area contributed by atoms with Crippen molar-refractivity contribution in [1.29, 1.82) is 0 Å². The molecule has 1 aliphatic heterocycles. The fraction of sp³-hybridized carbons (Fsp3) is 0.286. The molecule has 25 heavy (non-hydrogen) atoms. The topological polar surface area (TPSA) is 37.3 Å². The first-order valence-electron chi connectivity index (χ1n) is 8.72. The van der Waals surface area contributed by atoms with Crippen LogP contribution in [0, 0.1) is 13.8 Å². The van der Waals surface area contributed by atoms with Gasteiger partial charge in [0.15, 0.2) is 0 Å². The number of urea groups is 1. The fourth-order valence-corrected chi connectivity index (χ4v) is 3.68. The van der Waals surface area contributed by atoms with Crippen LogP contribution in [-0.2, 0) is 20.0 Å². The van der Waals surface area contributed by atoms with E-state index in [4.69, 9.17) is 0 Å². The van der Waals surface area contributed by atoms with E-state index in [0.29, 0.717) is 6.54 Å². The second-order valence-corrected chi connectivity index (χ2v) is 6.98. The van der Waals surface area contributed by atoms with Crippen molar-refractivity contribution in [3.63, 3.8) is 0 Å². The number of anilines is 1. The molecule has 2 heterocycles. The predicted molar refractivity (Wildman–Crippen MR) is 102 cm³/mol. The fourth-order valence-electron chi connectivity index (χ4n) is 3.68. The van der Waals surface area contributed by atoms with Gasteiger partial charge in [0.1, 0.15) is 0 Å². The Hall–Kier alpha value is -2.75. The van der Waals surface area contributed by atoms with E-state index in [1.165, 1.54) is 33.2 Å². The van der Waals surface area contributed by atoms with Crippen LogP contribution in [0.1, 0.15) is 22.3 Å². The summed E-state index contributed by atoms with van der Waals surface area (Å²) in [5.74, 6) is 0. The van der Waals surface area contributed by atoms with Crippen LogP contribution in [-0.4, -0.2) is 22.0 Å². The maximum absolute atomic E-state index is 12.8. The van der Waals surface area contributed by atoms with E-state index in [0.717, 1.165) is 18.7 Å². The van der Waals surface area contributed by atoms with E-state index in [2.05, 4.69) is 55.2 Å². The first-order chi connectivity index (χ1) is 12.0. The number of aromatic nitrogens is 1. The quantitative estimate of drug-likeness (QED) is 0.705. The Morgan fingerprint density at radius 2 is 1.92 bits per heavy atom. The van der Waals surface area contributed by atoms with Crippen LogP contribution in [0.4, 0.5) is 10.5 Å². The lowest BCUT2D eigenvalue weighted by molar-refractivity contribution is 0.210. The van der Waals surface area contributed by atoms with E-state index in [9.17, 15) is 4.79 Å². The third kappa shape index (κ3) is 2.78. The molecule has 0 spiro atoms. The molecule has 0 atom stereocenters. The molecule has 2 aromatic carbocycles. The van der Waals surface area contributed by atoms with Crippen molar-refractivity contribution >= 4 is 22.6 Å². The lowest BCUT2D eigenvalue weighted by Gasteiger charge is -2.22. The molecule has 0 radical (unpaired) electrons. The van der Waals surface area contributed by atoms with Gasteiger partial charge in [-0.1, -0.05) is 18.2 Å². The molecule has 128 valence electrons. The summed E-state index contributed by atoms with van der Waals surface area (Å²) >= 11 is 0. The molecule has 3 aromatic rings. The van der Waals surface area contributed by atoms with Crippen molar-refractivity contribution in [2.45, 2.75) is 26.8 Å². The van der Waals surface area contributed by atoms with Gasteiger partial charge in [-0.15, -0.1) is 0 Å². The standard InChI is InChI=1S/C21H23N3O/c1-14-7-8-18(11-15(14)2)22-21(25)24-10-9-17-12-23(3)19-6-4-5-16(13-24)20(17)19/h4-8,11-12H,9-10,13H2,1-3H3,(H,22,25). The summed E-state index contributed by atoms with van der Waals surface area (Å²) in [6.45, 7) is 5.51. The number of rotatable bonds is 1. The van der Waals surface area contributed by atoms with Crippen molar-refractivity contribution in [3.8, 4) is 0 Å². The number of benzene rings is 2. The van der Waals surface area contributed by atoms with Crippen LogP contribution in [0.15, 0.2) is 42.6 Å². The third-order valence-electron chi connectivity index (χ3n) is 5.24. The highest BCUT2D eigenvalue weighted by molar-refractivity contribution is 5.92. The zero-order valence-corrected chi connectivity index (χ0v) is 15.0. The maximum Gasteiger partial charge on any atom is 0.322 e. The Kier molecular flexibility index (Phi) is 3.75. The molecule has 0 unspecified atom stereocenters. The Labute approximate surface area is 148 Å². The van der Waals surface area contributed by atoms with E-state index < -0.39 is 0 Å². The number of nitrogens with one attached hydrogen (secondary N) is 1. The predicted octanol–water partition coefficient (Wildman–Crippen LogP) is 4.39. The molecule has 0 saturated carbocycles. The SMILES string of the molecule is Cc1ccc(NC(=O)N2CCc3cn(C)c4cccc(c34)C2)cc1C. The number of aryl methyl sites for hydroxylation is 3. The summed E-state index contributed by atoms with van der Waals surface area (Å²) in [7, 11) is 2.08. The van der Waals surface area contributed by atoms with Gasteiger partial charge in [0.2, 0.25) is 0 Å². The van der Waals surface area contributed by atoms with Gasteiger partial charge in [-0.3, -0.25) is 0 Å². The second-order valence-electron chi connectivity index (χ2n) is 6.98. The molecule has 4 rings (SSSR count). The van der Waals surface area contributed by atoms with Crippen molar-refractivity contribution in [2.75, 3.05) is 11.9 Å².